The maximum Gasteiger partial charge on any atom is 0.233 e. The van der Waals surface area contributed by atoms with Crippen molar-refractivity contribution in [2.45, 2.75) is 31.3 Å². The van der Waals surface area contributed by atoms with Crippen molar-refractivity contribution in [3.05, 3.63) is 66.0 Å². The van der Waals surface area contributed by atoms with Crippen molar-refractivity contribution in [3.63, 3.8) is 0 Å². The molecule has 0 unspecified atom stereocenters. The Hall–Kier alpha value is -1.81. The molecule has 0 N–H and O–H groups in total. The van der Waals surface area contributed by atoms with E-state index in [0.29, 0.717) is 11.4 Å². The van der Waals surface area contributed by atoms with Gasteiger partial charge in [0.25, 0.3) is 0 Å². The lowest BCUT2D eigenvalue weighted by Crippen LogP contribution is -2.37. The lowest BCUT2D eigenvalue weighted by Gasteiger charge is -2.27. The summed E-state index contributed by atoms with van der Waals surface area (Å²) in [7, 11) is 0. The molecule has 116 valence electrons. The lowest BCUT2D eigenvalue weighted by atomic mass is 10.2. The first-order chi connectivity index (χ1) is 10.6. The number of benzene rings is 2. The number of carbonyl (C=O) groups excluding carboxylic acids is 1. The van der Waals surface area contributed by atoms with Gasteiger partial charge in [0.2, 0.25) is 5.91 Å². The second-order valence-electron chi connectivity index (χ2n) is 5.32. The highest BCUT2D eigenvalue weighted by molar-refractivity contribution is 8.00. The van der Waals surface area contributed by atoms with Gasteiger partial charge in [-0.2, -0.15) is 0 Å². The summed E-state index contributed by atoms with van der Waals surface area (Å²) in [5.74, 6) is -0.0158. The highest BCUT2D eigenvalue weighted by Crippen LogP contribution is 2.22. The van der Waals surface area contributed by atoms with E-state index in [-0.39, 0.29) is 23.5 Å². The molecule has 0 fully saturated rings. The largest absolute Gasteiger partial charge is 0.335 e. The fourth-order valence-corrected chi connectivity index (χ4v) is 2.95. The number of hydrogen-bond donors (Lipinski definition) is 0. The monoisotopic (exact) mass is 317 g/mol. The number of amides is 1. The molecule has 2 aromatic carbocycles. The topological polar surface area (TPSA) is 20.3 Å². The van der Waals surface area contributed by atoms with Crippen LogP contribution in [0.5, 0.6) is 0 Å². The van der Waals surface area contributed by atoms with Crippen LogP contribution in [0.25, 0.3) is 0 Å². The zero-order chi connectivity index (χ0) is 15.9. The number of hydrogen-bond acceptors (Lipinski definition) is 2. The summed E-state index contributed by atoms with van der Waals surface area (Å²) >= 11 is 1.25. The Morgan fingerprint density at radius 2 is 1.73 bits per heavy atom. The van der Waals surface area contributed by atoms with Crippen molar-refractivity contribution in [1.29, 1.82) is 0 Å². The van der Waals surface area contributed by atoms with Crippen LogP contribution in [0.4, 0.5) is 4.39 Å². The Morgan fingerprint density at radius 3 is 2.36 bits per heavy atom. The quantitative estimate of drug-likeness (QED) is 0.738. The molecule has 0 saturated carbocycles. The van der Waals surface area contributed by atoms with Gasteiger partial charge in [-0.3, -0.25) is 4.79 Å². The molecular formula is C18H20FNOS. The highest BCUT2D eigenvalue weighted by atomic mass is 32.2. The smallest absolute Gasteiger partial charge is 0.233 e. The molecule has 2 aromatic rings. The maximum atomic E-state index is 13.6. The fourth-order valence-electron chi connectivity index (χ4n) is 2.12. The molecule has 22 heavy (non-hydrogen) atoms. The maximum absolute atomic E-state index is 13.6. The highest BCUT2D eigenvalue weighted by Gasteiger charge is 2.18. The minimum Gasteiger partial charge on any atom is -0.335 e. The van der Waals surface area contributed by atoms with Crippen molar-refractivity contribution in [3.8, 4) is 0 Å². The van der Waals surface area contributed by atoms with Gasteiger partial charge in [-0.05, 0) is 31.5 Å². The third-order valence-electron chi connectivity index (χ3n) is 3.33. The molecule has 0 bridgehead atoms. The van der Waals surface area contributed by atoms with Crippen LogP contribution >= 0.6 is 11.8 Å². The van der Waals surface area contributed by atoms with Crippen molar-refractivity contribution < 1.29 is 9.18 Å². The number of thioether (sulfide) groups is 1. The molecule has 0 aliphatic rings. The third kappa shape index (κ3) is 4.60. The summed E-state index contributed by atoms with van der Waals surface area (Å²) in [6.45, 7) is 4.57. The zero-order valence-electron chi connectivity index (χ0n) is 12.8. The van der Waals surface area contributed by atoms with Gasteiger partial charge >= 0.3 is 0 Å². The number of nitrogens with zero attached hydrogens (tertiary/aromatic N) is 1. The summed E-state index contributed by atoms with van der Waals surface area (Å²) in [5.41, 5.74) is 1.10. The van der Waals surface area contributed by atoms with Crippen molar-refractivity contribution in [2.75, 3.05) is 5.75 Å². The van der Waals surface area contributed by atoms with Gasteiger partial charge in [0.15, 0.2) is 0 Å². The summed E-state index contributed by atoms with van der Waals surface area (Å²) < 4.78 is 13.6. The zero-order valence-corrected chi connectivity index (χ0v) is 13.6. The van der Waals surface area contributed by atoms with E-state index in [1.54, 1.807) is 18.2 Å². The van der Waals surface area contributed by atoms with E-state index in [9.17, 15) is 9.18 Å². The average Bonchev–Trinajstić information content (AvgIpc) is 2.52. The molecule has 1 amide bonds. The molecule has 0 heterocycles. The van der Waals surface area contributed by atoms with Crippen LogP contribution in [-0.4, -0.2) is 22.6 Å². The Bertz CT molecular complexity index is 615. The van der Waals surface area contributed by atoms with E-state index < -0.39 is 0 Å². The van der Waals surface area contributed by atoms with Crippen LogP contribution < -0.4 is 0 Å². The van der Waals surface area contributed by atoms with Gasteiger partial charge in [0, 0.05) is 17.5 Å². The Balaban J connectivity index is 2.00. The predicted octanol–water partition coefficient (Wildman–Crippen LogP) is 4.36. The number of carbonyl (C=O) groups is 1. The van der Waals surface area contributed by atoms with Crippen LogP contribution in [0.3, 0.4) is 0 Å². The van der Waals surface area contributed by atoms with E-state index in [4.69, 9.17) is 0 Å². The first-order valence-electron chi connectivity index (χ1n) is 7.28. The van der Waals surface area contributed by atoms with Gasteiger partial charge in [0.1, 0.15) is 5.82 Å². The summed E-state index contributed by atoms with van der Waals surface area (Å²) in [4.78, 5) is 14.8. The van der Waals surface area contributed by atoms with Crippen molar-refractivity contribution >= 4 is 17.7 Å². The minimum atomic E-state index is -0.278. The van der Waals surface area contributed by atoms with Crippen LogP contribution in [0.2, 0.25) is 0 Å². The van der Waals surface area contributed by atoms with Crippen LogP contribution in [0.15, 0.2) is 59.5 Å². The standard InChI is InChI=1S/C18H20FNOS/c1-14(2)20(12-15-8-4-3-5-9-15)18(21)13-22-17-11-7-6-10-16(17)19/h3-11,14H,12-13H2,1-2H3. The van der Waals surface area contributed by atoms with Gasteiger partial charge in [-0.15, -0.1) is 11.8 Å². The lowest BCUT2D eigenvalue weighted by molar-refractivity contribution is -0.130. The first-order valence-corrected chi connectivity index (χ1v) is 8.27. The Kier molecular flexibility index (Phi) is 6.01. The minimum absolute atomic E-state index is 0.0205. The van der Waals surface area contributed by atoms with Crippen LogP contribution in [-0.2, 0) is 11.3 Å². The van der Waals surface area contributed by atoms with Crippen LogP contribution in [0.1, 0.15) is 19.4 Å². The van der Waals surface area contributed by atoms with E-state index in [2.05, 4.69) is 0 Å². The van der Waals surface area contributed by atoms with E-state index >= 15 is 0 Å². The van der Waals surface area contributed by atoms with Gasteiger partial charge in [0.05, 0.1) is 5.75 Å². The van der Waals surface area contributed by atoms with E-state index in [1.165, 1.54) is 17.8 Å². The molecule has 2 rings (SSSR count). The Morgan fingerprint density at radius 1 is 1.09 bits per heavy atom. The van der Waals surface area contributed by atoms with E-state index in [1.807, 2.05) is 49.1 Å². The second kappa shape index (κ2) is 7.99. The second-order valence-corrected chi connectivity index (χ2v) is 6.34. The molecule has 0 atom stereocenters. The summed E-state index contributed by atoms with van der Waals surface area (Å²) in [5, 5.41) is 0. The molecule has 0 spiro atoms. The SMILES string of the molecule is CC(C)N(Cc1ccccc1)C(=O)CSc1ccccc1F. The summed E-state index contributed by atoms with van der Waals surface area (Å²) in [6.07, 6.45) is 0. The van der Waals surface area contributed by atoms with Crippen molar-refractivity contribution in [1.82, 2.24) is 4.90 Å². The molecule has 4 heteroatoms. The third-order valence-corrected chi connectivity index (χ3v) is 4.36. The Labute approximate surface area is 135 Å². The normalized spacial score (nSPS) is 10.7. The molecule has 0 radical (unpaired) electrons. The molecule has 0 aromatic heterocycles. The molecule has 0 aliphatic heterocycles. The predicted molar refractivity (Wildman–Crippen MR) is 89.3 cm³/mol. The van der Waals surface area contributed by atoms with Crippen molar-refractivity contribution in [2.24, 2.45) is 0 Å². The number of rotatable bonds is 6. The molecule has 0 saturated heterocycles. The van der Waals surface area contributed by atoms with Gasteiger partial charge in [-0.25, -0.2) is 4.39 Å². The molecule has 2 nitrogen and oxygen atoms in total. The molecule has 0 aliphatic carbocycles. The fraction of sp³-hybridized carbons (Fsp3) is 0.278. The van der Waals surface area contributed by atoms with E-state index in [0.717, 1.165) is 5.56 Å². The first kappa shape index (κ1) is 16.6. The average molecular weight is 317 g/mol. The number of halogens is 1. The van der Waals surface area contributed by atoms with Crippen LogP contribution in [0, 0.1) is 5.82 Å². The molecular weight excluding hydrogens is 297 g/mol. The van der Waals surface area contributed by atoms with Gasteiger partial charge < -0.3 is 4.90 Å². The van der Waals surface area contributed by atoms with Gasteiger partial charge in [-0.1, -0.05) is 42.5 Å². The summed E-state index contributed by atoms with van der Waals surface area (Å²) in [6, 6.07) is 16.5.